The average Bonchev–Trinajstić information content (AvgIpc) is 2.84. The molecule has 1 aliphatic heterocycles. The summed E-state index contributed by atoms with van der Waals surface area (Å²) in [5.41, 5.74) is 0.929. The van der Waals surface area contributed by atoms with Gasteiger partial charge in [-0.3, -0.25) is 13.8 Å². The van der Waals surface area contributed by atoms with Crippen molar-refractivity contribution in [2.75, 3.05) is 12.9 Å². The molecule has 2 aromatic rings. The number of hydrogen-bond acceptors (Lipinski definition) is 4. The van der Waals surface area contributed by atoms with Gasteiger partial charge in [0.1, 0.15) is 0 Å². The Kier molecular flexibility index (Phi) is 9.64. The summed E-state index contributed by atoms with van der Waals surface area (Å²) in [6.07, 6.45) is 1.03. The monoisotopic (exact) mass is 551 g/mol. The molecule has 0 N–H and O–H groups in total. The van der Waals surface area contributed by atoms with Gasteiger partial charge in [-0.15, -0.1) is 0 Å². The molecule has 196 valence electrons. The largest absolute Gasteiger partial charge is 0.469 e. The van der Waals surface area contributed by atoms with Gasteiger partial charge in [0.25, 0.3) is 0 Å². The van der Waals surface area contributed by atoms with Gasteiger partial charge >= 0.3 is 5.97 Å². The molecule has 0 saturated carbocycles. The van der Waals surface area contributed by atoms with E-state index in [-0.39, 0.29) is 35.6 Å². The number of carbonyl (C=O) groups is 2. The van der Waals surface area contributed by atoms with E-state index in [1.807, 2.05) is 81.1 Å². The highest BCUT2D eigenvalue weighted by atomic mass is 35.5. The first-order valence-corrected chi connectivity index (χ1v) is 14.4. The second-order valence-corrected chi connectivity index (χ2v) is 13.0. The fourth-order valence-electron chi connectivity index (χ4n) is 5.11. The molecule has 0 bridgehead atoms. The molecule has 2 aromatic carbocycles. The van der Waals surface area contributed by atoms with E-state index in [9.17, 15) is 13.8 Å². The van der Waals surface area contributed by atoms with E-state index in [1.165, 1.54) is 7.11 Å². The molecule has 1 fully saturated rings. The number of amides is 1. The van der Waals surface area contributed by atoms with Crippen LogP contribution in [0.5, 0.6) is 0 Å². The van der Waals surface area contributed by atoms with Crippen LogP contribution in [0.1, 0.15) is 70.0 Å². The molecule has 3 rings (SSSR count). The van der Waals surface area contributed by atoms with E-state index in [0.717, 1.165) is 11.1 Å². The number of piperidine rings is 1. The predicted molar refractivity (Wildman–Crippen MR) is 147 cm³/mol. The lowest BCUT2D eigenvalue weighted by molar-refractivity contribution is -0.161. The van der Waals surface area contributed by atoms with Crippen molar-refractivity contribution >= 4 is 45.9 Å². The zero-order chi connectivity index (χ0) is 26.6. The smallest absolute Gasteiger partial charge is 0.306 e. The van der Waals surface area contributed by atoms with Crippen molar-refractivity contribution in [2.45, 2.75) is 70.2 Å². The minimum atomic E-state index is -1.12. The van der Waals surface area contributed by atoms with Crippen molar-refractivity contribution < 1.29 is 18.5 Å². The number of ether oxygens (including phenoxy) is 1. The molecule has 8 heteroatoms. The molecule has 1 heterocycles. The van der Waals surface area contributed by atoms with E-state index in [0.29, 0.717) is 28.6 Å². The molecular weight excluding hydrogens is 517 g/mol. The molecule has 1 aliphatic rings. The van der Waals surface area contributed by atoms with Crippen molar-refractivity contribution in [3.63, 3.8) is 0 Å². The second kappa shape index (κ2) is 12.1. The molecule has 5 nitrogen and oxygen atoms in total. The fraction of sp³-hybridized carbons (Fsp3) is 0.500. The number of halogens is 2. The van der Waals surface area contributed by atoms with Crippen LogP contribution in [0.15, 0.2) is 48.5 Å². The van der Waals surface area contributed by atoms with Gasteiger partial charge in [-0.05, 0) is 48.2 Å². The van der Waals surface area contributed by atoms with Crippen LogP contribution in [0.25, 0.3) is 0 Å². The van der Waals surface area contributed by atoms with Crippen LogP contribution in [-0.2, 0) is 25.1 Å². The van der Waals surface area contributed by atoms with Gasteiger partial charge in [0.2, 0.25) is 5.91 Å². The zero-order valence-electron chi connectivity index (χ0n) is 21.5. The van der Waals surface area contributed by atoms with Crippen LogP contribution in [0.4, 0.5) is 0 Å². The van der Waals surface area contributed by atoms with Gasteiger partial charge in [-0.1, -0.05) is 75.2 Å². The summed E-state index contributed by atoms with van der Waals surface area (Å²) in [7, 11) is 0.218. The number of nitrogens with zero attached hydrogens (tertiary/aromatic N) is 1. The third-order valence-electron chi connectivity index (χ3n) is 7.10. The van der Waals surface area contributed by atoms with Crippen molar-refractivity contribution in [3.8, 4) is 0 Å². The molecule has 1 amide bonds. The maximum absolute atomic E-state index is 14.3. The van der Waals surface area contributed by atoms with Crippen molar-refractivity contribution in [2.24, 2.45) is 5.41 Å². The summed E-state index contributed by atoms with van der Waals surface area (Å²) in [6, 6.07) is 14.6. The van der Waals surface area contributed by atoms with E-state index < -0.39 is 22.2 Å². The van der Waals surface area contributed by atoms with Gasteiger partial charge in [0.15, 0.2) is 0 Å². The summed E-state index contributed by atoms with van der Waals surface area (Å²) in [5.74, 6) is -0.350. The number of rotatable bonds is 9. The fourth-order valence-corrected chi connectivity index (χ4v) is 6.60. The summed E-state index contributed by atoms with van der Waals surface area (Å²) >= 11 is 12.6. The standard InChI is InChI=1S/C28H35Cl2NO4S/c1-6-23(17-36(34)18(2)3)31-26(19-10-12-21(29)13-11-19)24(20-8-7-9-22(30)14-20)15-28(4,27(31)33)16-25(32)35-5/h7-14,18,23-24,26H,6,15-17H2,1-5H3/t23-,24?,26+,28+,36-/m0/s1. The maximum atomic E-state index is 14.3. The SMILES string of the molecule is CC[C@@H](C[S@](=O)C(C)C)N1C(=O)[C@@](C)(CC(=O)OC)CC(c2cccc(Cl)c2)[C@H]1c1ccc(Cl)cc1. The van der Waals surface area contributed by atoms with Gasteiger partial charge < -0.3 is 9.64 Å². The van der Waals surface area contributed by atoms with E-state index in [4.69, 9.17) is 27.9 Å². The Hall–Kier alpha value is -1.89. The first kappa shape index (κ1) is 28.7. The van der Waals surface area contributed by atoms with E-state index in [1.54, 1.807) is 0 Å². The molecule has 1 saturated heterocycles. The molecule has 0 spiro atoms. The lowest BCUT2D eigenvalue weighted by atomic mass is 9.67. The molecule has 5 atom stereocenters. The Labute approximate surface area is 226 Å². The lowest BCUT2D eigenvalue weighted by Gasteiger charge is -2.52. The third kappa shape index (κ3) is 6.32. The first-order chi connectivity index (χ1) is 17.0. The average molecular weight is 553 g/mol. The third-order valence-corrected chi connectivity index (χ3v) is 9.35. The number of hydrogen-bond donors (Lipinski definition) is 0. The molecule has 0 radical (unpaired) electrons. The van der Waals surface area contributed by atoms with Gasteiger partial charge in [0, 0.05) is 43.8 Å². The van der Waals surface area contributed by atoms with Crippen LogP contribution < -0.4 is 0 Å². The Balaban J connectivity index is 2.23. The van der Waals surface area contributed by atoms with E-state index >= 15 is 0 Å². The highest BCUT2D eigenvalue weighted by molar-refractivity contribution is 7.85. The molecule has 0 aliphatic carbocycles. The minimum absolute atomic E-state index is 0.0295. The minimum Gasteiger partial charge on any atom is -0.469 e. The summed E-state index contributed by atoms with van der Waals surface area (Å²) in [4.78, 5) is 28.7. The van der Waals surface area contributed by atoms with Crippen molar-refractivity contribution in [1.29, 1.82) is 0 Å². The molecule has 1 unspecified atom stereocenters. The number of likely N-dealkylation sites (tertiary alicyclic amines) is 1. The van der Waals surface area contributed by atoms with Crippen LogP contribution >= 0.6 is 23.2 Å². The number of methoxy groups -OCH3 is 1. The predicted octanol–water partition coefficient (Wildman–Crippen LogP) is 6.56. The highest BCUT2D eigenvalue weighted by Crippen LogP contribution is 2.52. The topological polar surface area (TPSA) is 63.7 Å². The number of esters is 1. The Morgan fingerprint density at radius 3 is 2.36 bits per heavy atom. The number of benzene rings is 2. The van der Waals surface area contributed by atoms with Crippen molar-refractivity contribution in [3.05, 3.63) is 69.7 Å². The Bertz CT molecular complexity index is 1110. The van der Waals surface area contributed by atoms with Gasteiger partial charge in [-0.25, -0.2) is 0 Å². The van der Waals surface area contributed by atoms with Gasteiger partial charge in [-0.2, -0.15) is 0 Å². The van der Waals surface area contributed by atoms with E-state index in [2.05, 4.69) is 0 Å². The summed E-state index contributed by atoms with van der Waals surface area (Å²) in [6.45, 7) is 7.69. The molecule has 0 aromatic heterocycles. The van der Waals surface area contributed by atoms with Crippen molar-refractivity contribution in [1.82, 2.24) is 4.90 Å². The summed E-state index contributed by atoms with van der Waals surface area (Å²) < 4.78 is 18.0. The van der Waals surface area contributed by atoms with Crippen LogP contribution in [-0.4, -0.2) is 45.1 Å². The molecule has 36 heavy (non-hydrogen) atoms. The first-order valence-electron chi connectivity index (χ1n) is 12.3. The lowest BCUT2D eigenvalue weighted by Crippen LogP contribution is -2.57. The Morgan fingerprint density at radius 2 is 1.81 bits per heavy atom. The van der Waals surface area contributed by atoms with Crippen LogP contribution in [0.2, 0.25) is 10.0 Å². The zero-order valence-corrected chi connectivity index (χ0v) is 23.8. The second-order valence-electron chi connectivity index (χ2n) is 10.0. The summed E-state index contributed by atoms with van der Waals surface area (Å²) in [5, 5.41) is 1.18. The highest BCUT2D eigenvalue weighted by Gasteiger charge is 2.52. The normalized spacial score (nSPS) is 24.0. The van der Waals surface area contributed by atoms with Crippen LogP contribution in [0.3, 0.4) is 0 Å². The maximum Gasteiger partial charge on any atom is 0.306 e. The number of carbonyl (C=O) groups excluding carboxylic acids is 2. The quantitative estimate of drug-likeness (QED) is 0.331. The van der Waals surface area contributed by atoms with Gasteiger partial charge in [0.05, 0.1) is 25.0 Å². The van der Waals surface area contributed by atoms with Crippen LogP contribution in [0, 0.1) is 5.41 Å². The molecular formula is C28H35Cl2NO4S. The Morgan fingerprint density at radius 1 is 1.14 bits per heavy atom.